The Hall–Kier alpha value is -1.10. The van der Waals surface area contributed by atoms with Gasteiger partial charge in [-0.25, -0.2) is 0 Å². The molecule has 2 atom stereocenters. The number of hydrogen-bond donors (Lipinski definition) is 2. The van der Waals surface area contributed by atoms with Crippen molar-refractivity contribution in [2.75, 3.05) is 26.8 Å². The van der Waals surface area contributed by atoms with Gasteiger partial charge in [0.05, 0.1) is 25.9 Å². The highest BCUT2D eigenvalue weighted by atomic mass is 16.5. The van der Waals surface area contributed by atoms with Crippen molar-refractivity contribution < 1.29 is 9.47 Å². The quantitative estimate of drug-likeness (QED) is 0.844. The second-order valence-corrected chi connectivity index (χ2v) is 4.57. The summed E-state index contributed by atoms with van der Waals surface area (Å²) >= 11 is 0. The highest BCUT2D eigenvalue weighted by Gasteiger charge is 2.25. The van der Waals surface area contributed by atoms with Crippen LogP contribution >= 0.6 is 0 Å². The monoisotopic (exact) mass is 250 g/mol. The summed E-state index contributed by atoms with van der Waals surface area (Å²) in [4.78, 5) is 0. The predicted molar refractivity (Wildman–Crippen MR) is 71.9 cm³/mol. The molecule has 2 rings (SSSR count). The number of morpholine rings is 1. The van der Waals surface area contributed by atoms with Crippen molar-refractivity contribution in [1.29, 1.82) is 0 Å². The summed E-state index contributed by atoms with van der Waals surface area (Å²) in [5.41, 5.74) is 8.63. The van der Waals surface area contributed by atoms with E-state index in [1.807, 2.05) is 6.07 Å². The molecule has 1 aromatic carbocycles. The van der Waals surface area contributed by atoms with Crippen LogP contribution in [0.15, 0.2) is 18.2 Å². The molecule has 0 aromatic heterocycles. The minimum absolute atomic E-state index is 0.0137. The first-order valence-electron chi connectivity index (χ1n) is 6.51. The Balaban J connectivity index is 2.23. The molecule has 0 spiro atoms. The summed E-state index contributed by atoms with van der Waals surface area (Å²) in [6.45, 7) is 4.54. The lowest BCUT2D eigenvalue weighted by Crippen LogP contribution is -2.44. The fraction of sp³-hybridized carbons (Fsp3) is 0.571. The zero-order chi connectivity index (χ0) is 13.0. The molecular weight excluding hydrogens is 228 g/mol. The molecule has 0 bridgehead atoms. The number of hydrogen-bond acceptors (Lipinski definition) is 4. The van der Waals surface area contributed by atoms with Crippen LogP contribution in [0.25, 0.3) is 0 Å². The van der Waals surface area contributed by atoms with Crippen molar-refractivity contribution in [2.24, 2.45) is 5.73 Å². The molecular formula is C14H22N2O2. The van der Waals surface area contributed by atoms with Crippen LogP contribution in [-0.4, -0.2) is 32.9 Å². The van der Waals surface area contributed by atoms with Gasteiger partial charge in [-0.1, -0.05) is 19.1 Å². The van der Waals surface area contributed by atoms with Crippen LogP contribution in [0.4, 0.5) is 0 Å². The van der Waals surface area contributed by atoms with E-state index in [1.54, 1.807) is 7.11 Å². The van der Waals surface area contributed by atoms with E-state index in [0.29, 0.717) is 6.61 Å². The SMILES string of the molecule is CCc1ccc(OC)c(C(N)C2CNCCO2)c1. The minimum atomic E-state index is -0.153. The second kappa shape index (κ2) is 6.18. The summed E-state index contributed by atoms with van der Waals surface area (Å²) < 4.78 is 11.1. The first-order chi connectivity index (χ1) is 8.76. The zero-order valence-corrected chi connectivity index (χ0v) is 11.1. The van der Waals surface area contributed by atoms with Crippen molar-refractivity contribution in [1.82, 2.24) is 5.32 Å². The molecule has 0 radical (unpaired) electrons. The minimum Gasteiger partial charge on any atom is -0.496 e. The van der Waals surface area contributed by atoms with Gasteiger partial charge in [0.2, 0.25) is 0 Å². The third-order valence-corrected chi connectivity index (χ3v) is 3.42. The molecule has 4 heteroatoms. The molecule has 2 unspecified atom stereocenters. The Kier molecular flexibility index (Phi) is 4.58. The fourth-order valence-electron chi connectivity index (χ4n) is 2.28. The molecule has 0 saturated carbocycles. The molecule has 0 aliphatic carbocycles. The molecule has 1 aliphatic heterocycles. The lowest BCUT2D eigenvalue weighted by atomic mass is 9.97. The van der Waals surface area contributed by atoms with Crippen LogP contribution in [0.5, 0.6) is 5.75 Å². The Bertz CT molecular complexity index is 389. The highest BCUT2D eigenvalue weighted by molar-refractivity contribution is 5.40. The van der Waals surface area contributed by atoms with Gasteiger partial charge in [-0.05, 0) is 18.1 Å². The van der Waals surface area contributed by atoms with Crippen LogP contribution in [0.1, 0.15) is 24.1 Å². The number of aryl methyl sites for hydroxylation is 1. The van der Waals surface area contributed by atoms with E-state index in [4.69, 9.17) is 15.2 Å². The van der Waals surface area contributed by atoms with Gasteiger partial charge in [0, 0.05) is 18.7 Å². The number of ether oxygens (including phenoxy) is 2. The van der Waals surface area contributed by atoms with Crippen LogP contribution in [0.3, 0.4) is 0 Å². The Morgan fingerprint density at radius 2 is 2.39 bits per heavy atom. The standard InChI is InChI=1S/C14H22N2O2/c1-3-10-4-5-12(17-2)11(8-10)14(15)13-9-16-6-7-18-13/h4-5,8,13-14,16H,3,6-7,9,15H2,1-2H3. The molecule has 100 valence electrons. The zero-order valence-electron chi connectivity index (χ0n) is 11.1. The molecule has 1 aromatic rings. The summed E-state index contributed by atoms with van der Waals surface area (Å²) in [6.07, 6.45) is 1.01. The van der Waals surface area contributed by atoms with Crippen LogP contribution in [0.2, 0.25) is 0 Å². The van der Waals surface area contributed by atoms with Gasteiger partial charge in [0.25, 0.3) is 0 Å². The first-order valence-corrected chi connectivity index (χ1v) is 6.51. The smallest absolute Gasteiger partial charge is 0.123 e. The van der Waals surface area contributed by atoms with Crippen molar-refractivity contribution in [3.63, 3.8) is 0 Å². The van der Waals surface area contributed by atoms with Gasteiger partial charge in [0.15, 0.2) is 0 Å². The van der Waals surface area contributed by atoms with Crippen LogP contribution in [0, 0.1) is 0 Å². The van der Waals surface area contributed by atoms with Gasteiger partial charge < -0.3 is 20.5 Å². The van der Waals surface area contributed by atoms with Crippen molar-refractivity contribution in [3.05, 3.63) is 29.3 Å². The topological polar surface area (TPSA) is 56.5 Å². The lowest BCUT2D eigenvalue weighted by Gasteiger charge is -2.29. The number of benzene rings is 1. The van der Waals surface area contributed by atoms with Crippen LogP contribution < -0.4 is 15.8 Å². The molecule has 0 amide bonds. The van der Waals surface area contributed by atoms with E-state index in [2.05, 4.69) is 24.4 Å². The maximum atomic E-state index is 6.32. The number of nitrogens with one attached hydrogen (secondary N) is 1. The van der Waals surface area contributed by atoms with E-state index in [0.717, 1.165) is 30.8 Å². The third-order valence-electron chi connectivity index (χ3n) is 3.42. The fourth-order valence-corrected chi connectivity index (χ4v) is 2.28. The molecule has 3 N–H and O–H groups in total. The third kappa shape index (κ3) is 2.83. The predicted octanol–water partition coefficient (Wildman–Crippen LogP) is 1.25. The molecule has 1 aliphatic rings. The molecule has 1 heterocycles. The molecule has 4 nitrogen and oxygen atoms in total. The average molecular weight is 250 g/mol. The van der Waals surface area contributed by atoms with Gasteiger partial charge in [-0.15, -0.1) is 0 Å². The maximum absolute atomic E-state index is 6.32. The molecule has 1 saturated heterocycles. The summed E-state index contributed by atoms with van der Waals surface area (Å²) in [5, 5.41) is 3.31. The first kappa shape index (κ1) is 13.3. The normalized spacial score (nSPS) is 21.6. The van der Waals surface area contributed by atoms with E-state index in [9.17, 15) is 0 Å². The Morgan fingerprint density at radius 1 is 1.56 bits per heavy atom. The van der Waals surface area contributed by atoms with E-state index in [1.165, 1.54) is 5.56 Å². The van der Waals surface area contributed by atoms with Gasteiger partial charge >= 0.3 is 0 Å². The second-order valence-electron chi connectivity index (χ2n) is 4.57. The van der Waals surface area contributed by atoms with Gasteiger partial charge in [-0.2, -0.15) is 0 Å². The maximum Gasteiger partial charge on any atom is 0.123 e. The summed E-state index contributed by atoms with van der Waals surface area (Å²) in [7, 11) is 1.68. The number of rotatable bonds is 4. The van der Waals surface area contributed by atoms with E-state index in [-0.39, 0.29) is 12.1 Å². The number of nitrogens with two attached hydrogens (primary N) is 1. The van der Waals surface area contributed by atoms with E-state index < -0.39 is 0 Å². The van der Waals surface area contributed by atoms with Crippen molar-refractivity contribution in [3.8, 4) is 5.75 Å². The molecule has 1 fully saturated rings. The average Bonchev–Trinajstić information content (AvgIpc) is 2.46. The van der Waals surface area contributed by atoms with Gasteiger partial charge in [0.1, 0.15) is 5.75 Å². The largest absolute Gasteiger partial charge is 0.496 e. The lowest BCUT2D eigenvalue weighted by molar-refractivity contribution is 0.0118. The van der Waals surface area contributed by atoms with E-state index >= 15 is 0 Å². The van der Waals surface area contributed by atoms with Crippen LogP contribution in [-0.2, 0) is 11.2 Å². The Morgan fingerprint density at radius 3 is 3.00 bits per heavy atom. The number of methoxy groups -OCH3 is 1. The van der Waals surface area contributed by atoms with Crippen molar-refractivity contribution in [2.45, 2.75) is 25.5 Å². The Labute approximate surface area is 108 Å². The summed E-state index contributed by atoms with van der Waals surface area (Å²) in [5.74, 6) is 0.842. The summed E-state index contributed by atoms with van der Waals surface area (Å²) in [6, 6.07) is 6.04. The van der Waals surface area contributed by atoms with Crippen molar-refractivity contribution >= 4 is 0 Å². The molecule has 18 heavy (non-hydrogen) atoms. The highest BCUT2D eigenvalue weighted by Crippen LogP contribution is 2.28. The van der Waals surface area contributed by atoms with Gasteiger partial charge in [-0.3, -0.25) is 0 Å².